The van der Waals surface area contributed by atoms with Crippen molar-refractivity contribution < 1.29 is 9.90 Å². The minimum atomic E-state index is -0.601. The molecular weight excluding hydrogens is 250 g/mol. The first-order chi connectivity index (χ1) is 9.72. The lowest BCUT2D eigenvalue weighted by molar-refractivity contribution is -0.142. The molecule has 0 saturated carbocycles. The summed E-state index contributed by atoms with van der Waals surface area (Å²) in [7, 11) is 0. The van der Waals surface area contributed by atoms with Gasteiger partial charge >= 0.3 is 5.97 Å². The van der Waals surface area contributed by atoms with Crippen LogP contribution in [0.15, 0.2) is 18.2 Å². The molecular formula is C17H21NO2. The molecule has 3 atom stereocenters. The molecule has 3 nitrogen and oxygen atoms in total. The van der Waals surface area contributed by atoms with E-state index in [1.807, 2.05) is 0 Å². The molecule has 1 aromatic rings. The first-order valence-electron chi connectivity index (χ1n) is 7.81. The topological polar surface area (TPSA) is 40.5 Å². The fraction of sp³-hybridized carbons (Fsp3) is 0.588. The molecule has 3 unspecified atom stereocenters. The van der Waals surface area contributed by atoms with E-state index in [9.17, 15) is 9.90 Å². The van der Waals surface area contributed by atoms with E-state index in [1.54, 1.807) is 0 Å². The third-order valence-corrected chi connectivity index (χ3v) is 5.53. The van der Waals surface area contributed by atoms with Crippen molar-refractivity contribution in [2.24, 2.45) is 5.92 Å². The number of hydrogen-bond acceptors (Lipinski definition) is 2. The van der Waals surface area contributed by atoms with E-state index in [0.717, 1.165) is 19.4 Å². The van der Waals surface area contributed by atoms with Gasteiger partial charge in [0.1, 0.15) is 0 Å². The Kier molecular flexibility index (Phi) is 2.84. The van der Waals surface area contributed by atoms with Crippen LogP contribution >= 0.6 is 0 Å². The lowest BCUT2D eigenvalue weighted by Crippen LogP contribution is -2.32. The van der Waals surface area contributed by atoms with Crippen molar-refractivity contribution in [3.63, 3.8) is 0 Å². The van der Waals surface area contributed by atoms with Crippen LogP contribution in [0.1, 0.15) is 42.4 Å². The molecule has 2 saturated heterocycles. The molecule has 3 aliphatic rings. The van der Waals surface area contributed by atoms with Crippen molar-refractivity contribution in [3.8, 4) is 0 Å². The van der Waals surface area contributed by atoms with Gasteiger partial charge in [0.05, 0.1) is 5.92 Å². The van der Waals surface area contributed by atoms with Crippen LogP contribution in [0.25, 0.3) is 0 Å². The molecule has 1 N–H and O–H groups in total. The average Bonchev–Trinajstić information content (AvgIpc) is 3.13. The van der Waals surface area contributed by atoms with E-state index in [0.29, 0.717) is 6.04 Å². The van der Waals surface area contributed by atoms with Gasteiger partial charge in [0.2, 0.25) is 0 Å². The summed E-state index contributed by atoms with van der Waals surface area (Å²) in [5.74, 6) is -0.737. The van der Waals surface area contributed by atoms with E-state index in [-0.39, 0.29) is 12.0 Å². The van der Waals surface area contributed by atoms with E-state index >= 15 is 0 Å². The van der Waals surface area contributed by atoms with Crippen LogP contribution in [-0.2, 0) is 24.2 Å². The van der Waals surface area contributed by atoms with Gasteiger partial charge < -0.3 is 5.11 Å². The number of fused-ring (bicyclic) bond motifs is 3. The Morgan fingerprint density at radius 2 is 2.10 bits per heavy atom. The molecule has 3 heteroatoms. The van der Waals surface area contributed by atoms with Crippen LogP contribution in [0.5, 0.6) is 0 Å². The average molecular weight is 271 g/mol. The Balaban J connectivity index is 1.54. The van der Waals surface area contributed by atoms with Crippen molar-refractivity contribution in [2.45, 2.75) is 57.2 Å². The lowest BCUT2D eigenvalue weighted by Gasteiger charge is -2.23. The van der Waals surface area contributed by atoms with E-state index in [4.69, 9.17) is 0 Å². The highest BCUT2D eigenvalue weighted by Gasteiger charge is 2.48. The highest BCUT2D eigenvalue weighted by Crippen LogP contribution is 2.42. The molecule has 1 aromatic carbocycles. The van der Waals surface area contributed by atoms with Gasteiger partial charge in [-0.05, 0) is 55.2 Å². The molecule has 20 heavy (non-hydrogen) atoms. The minimum absolute atomic E-state index is 0.136. The number of aryl methyl sites for hydroxylation is 2. The maximum atomic E-state index is 11.3. The molecule has 106 valence electrons. The summed E-state index contributed by atoms with van der Waals surface area (Å²) < 4.78 is 0. The maximum Gasteiger partial charge on any atom is 0.308 e. The van der Waals surface area contributed by atoms with Crippen LogP contribution in [0, 0.1) is 5.92 Å². The van der Waals surface area contributed by atoms with E-state index in [2.05, 4.69) is 23.1 Å². The van der Waals surface area contributed by atoms with E-state index < -0.39 is 5.97 Å². The van der Waals surface area contributed by atoms with Crippen LogP contribution in [0.3, 0.4) is 0 Å². The zero-order chi connectivity index (χ0) is 13.7. The number of benzene rings is 1. The Hall–Kier alpha value is -1.35. The van der Waals surface area contributed by atoms with Gasteiger partial charge in [-0.15, -0.1) is 0 Å². The summed E-state index contributed by atoms with van der Waals surface area (Å²) >= 11 is 0. The molecule has 2 heterocycles. The quantitative estimate of drug-likeness (QED) is 0.918. The first-order valence-corrected chi connectivity index (χ1v) is 7.81. The number of carboxylic acid groups (broad SMARTS) is 1. The van der Waals surface area contributed by atoms with Crippen LogP contribution in [0.4, 0.5) is 0 Å². The summed E-state index contributed by atoms with van der Waals surface area (Å²) in [6, 6.07) is 7.65. The molecule has 0 amide bonds. The zero-order valence-corrected chi connectivity index (χ0v) is 11.7. The van der Waals surface area contributed by atoms with Gasteiger partial charge in [0.25, 0.3) is 0 Å². The highest BCUT2D eigenvalue weighted by atomic mass is 16.4. The number of carboxylic acids is 1. The Morgan fingerprint density at radius 3 is 2.90 bits per heavy atom. The lowest BCUT2D eigenvalue weighted by atomic mass is 9.89. The number of aliphatic carboxylic acids is 1. The van der Waals surface area contributed by atoms with Crippen molar-refractivity contribution in [1.82, 2.24) is 4.90 Å². The van der Waals surface area contributed by atoms with Gasteiger partial charge in [-0.3, -0.25) is 9.69 Å². The Labute approximate surface area is 119 Å². The summed E-state index contributed by atoms with van der Waals surface area (Å²) in [5.41, 5.74) is 4.40. The molecule has 0 radical (unpaired) electrons. The fourth-order valence-corrected chi connectivity index (χ4v) is 4.55. The highest BCUT2D eigenvalue weighted by molar-refractivity contribution is 5.71. The normalized spacial score (nSPS) is 31.7. The second-order valence-corrected chi connectivity index (χ2v) is 6.61. The van der Waals surface area contributed by atoms with Gasteiger partial charge in [0, 0.05) is 18.6 Å². The van der Waals surface area contributed by atoms with Crippen LogP contribution in [0.2, 0.25) is 0 Å². The largest absolute Gasteiger partial charge is 0.481 e. The van der Waals surface area contributed by atoms with Crippen LogP contribution in [-0.4, -0.2) is 28.1 Å². The molecule has 2 aliphatic heterocycles. The molecule has 0 spiro atoms. The molecule has 2 fully saturated rings. The number of hydrogen-bond donors (Lipinski definition) is 1. The number of carbonyl (C=O) groups is 1. The number of rotatable bonds is 3. The van der Waals surface area contributed by atoms with Crippen LogP contribution < -0.4 is 0 Å². The summed E-state index contributed by atoms with van der Waals surface area (Å²) in [4.78, 5) is 13.8. The van der Waals surface area contributed by atoms with Gasteiger partial charge in [0.15, 0.2) is 0 Å². The zero-order valence-electron chi connectivity index (χ0n) is 11.7. The van der Waals surface area contributed by atoms with Crippen molar-refractivity contribution in [2.75, 3.05) is 0 Å². The minimum Gasteiger partial charge on any atom is -0.481 e. The maximum absolute atomic E-state index is 11.3. The predicted molar refractivity (Wildman–Crippen MR) is 76.6 cm³/mol. The smallest absolute Gasteiger partial charge is 0.308 e. The van der Waals surface area contributed by atoms with E-state index in [1.165, 1.54) is 42.4 Å². The predicted octanol–water partition coefficient (Wildman–Crippen LogP) is 2.61. The van der Waals surface area contributed by atoms with Gasteiger partial charge in [-0.2, -0.15) is 0 Å². The van der Waals surface area contributed by atoms with Crippen molar-refractivity contribution in [1.29, 1.82) is 0 Å². The summed E-state index contributed by atoms with van der Waals surface area (Å²) in [6.45, 7) is 0.937. The second-order valence-electron chi connectivity index (χ2n) is 6.61. The summed E-state index contributed by atoms with van der Waals surface area (Å²) in [6.07, 6.45) is 6.82. The number of nitrogens with zero attached hydrogens (tertiary/aromatic N) is 1. The third kappa shape index (κ3) is 1.87. The molecule has 1 aliphatic carbocycles. The Bertz CT molecular complexity index is 554. The summed E-state index contributed by atoms with van der Waals surface area (Å²) in [5, 5.41) is 9.32. The third-order valence-electron chi connectivity index (χ3n) is 5.53. The first kappa shape index (κ1) is 12.4. The van der Waals surface area contributed by atoms with Crippen molar-refractivity contribution >= 4 is 5.97 Å². The SMILES string of the molecule is O=C(O)C1CC2CCC1N2Cc1ccc2c(c1)CCC2. The second kappa shape index (κ2) is 4.59. The van der Waals surface area contributed by atoms with Crippen molar-refractivity contribution in [3.05, 3.63) is 34.9 Å². The Morgan fingerprint density at radius 1 is 1.25 bits per heavy atom. The fourth-order valence-electron chi connectivity index (χ4n) is 4.55. The van der Waals surface area contributed by atoms with Gasteiger partial charge in [-0.1, -0.05) is 18.2 Å². The molecule has 4 rings (SSSR count). The van der Waals surface area contributed by atoms with Gasteiger partial charge in [-0.25, -0.2) is 0 Å². The monoisotopic (exact) mass is 271 g/mol. The standard InChI is InChI=1S/C17H21NO2/c19-17(20)15-9-14-6-7-16(15)18(14)10-11-4-5-12-2-1-3-13(12)8-11/h4-5,8,14-16H,1-3,6-7,9-10H2,(H,19,20). The molecule has 0 aromatic heterocycles. The molecule has 2 bridgehead atoms.